The average molecular weight is 326 g/mol. The van der Waals surface area contributed by atoms with Crippen LogP contribution in [0.3, 0.4) is 0 Å². The quantitative estimate of drug-likeness (QED) is 0.521. The zero-order valence-electron chi connectivity index (χ0n) is 13.3. The van der Waals surface area contributed by atoms with Gasteiger partial charge >= 0.3 is 0 Å². The van der Waals surface area contributed by atoms with Crippen LogP contribution in [-0.2, 0) is 6.42 Å². The van der Waals surface area contributed by atoms with Gasteiger partial charge < -0.3 is 0 Å². The Morgan fingerprint density at radius 1 is 0.667 bits per heavy atom. The molecular weight excluding hydrogens is 309 g/mol. The highest BCUT2D eigenvalue weighted by molar-refractivity contribution is 5.83. The Balaban J connectivity index is 2.14. The molecule has 0 unspecified atom stereocenters. The number of benzene rings is 3. The van der Waals surface area contributed by atoms with Gasteiger partial charge in [0.05, 0.1) is 0 Å². The van der Waals surface area contributed by atoms with Crippen LogP contribution in [-0.4, -0.2) is 0 Å². The summed E-state index contributed by atoms with van der Waals surface area (Å²) in [5.74, 6) is -1.48. The molecule has 0 N–H and O–H groups in total. The Labute approximate surface area is 139 Å². The molecule has 3 heteroatoms. The zero-order valence-corrected chi connectivity index (χ0v) is 13.3. The number of hydrogen-bond acceptors (Lipinski definition) is 0. The molecule has 0 spiro atoms. The SMILES string of the molecule is CCCc1ccc(-c2cc(F)ccc2-c2cc(F)ccc2F)cc1. The van der Waals surface area contributed by atoms with Crippen molar-refractivity contribution in [3.8, 4) is 22.3 Å². The first kappa shape index (κ1) is 16.3. The van der Waals surface area contributed by atoms with Crippen molar-refractivity contribution in [3.05, 3.63) is 83.7 Å². The van der Waals surface area contributed by atoms with Gasteiger partial charge in [0.1, 0.15) is 17.5 Å². The maximum absolute atomic E-state index is 14.2. The molecule has 0 radical (unpaired) electrons. The molecule has 0 aliphatic carbocycles. The highest BCUT2D eigenvalue weighted by atomic mass is 19.1. The lowest BCUT2D eigenvalue weighted by Crippen LogP contribution is -1.92. The molecule has 0 aliphatic rings. The van der Waals surface area contributed by atoms with Crippen molar-refractivity contribution in [1.29, 1.82) is 0 Å². The molecule has 0 heterocycles. The van der Waals surface area contributed by atoms with Gasteiger partial charge in [-0.15, -0.1) is 0 Å². The summed E-state index contributed by atoms with van der Waals surface area (Å²) < 4.78 is 41.5. The summed E-state index contributed by atoms with van der Waals surface area (Å²) in [6.45, 7) is 2.10. The molecule has 24 heavy (non-hydrogen) atoms. The van der Waals surface area contributed by atoms with Gasteiger partial charge in [0.2, 0.25) is 0 Å². The summed E-state index contributed by atoms with van der Waals surface area (Å²) in [5, 5.41) is 0. The second-order valence-corrected chi connectivity index (χ2v) is 5.76. The van der Waals surface area contributed by atoms with Gasteiger partial charge in [-0.05, 0) is 59.0 Å². The molecule has 3 aromatic carbocycles. The van der Waals surface area contributed by atoms with Crippen molar-refractivity contribution in [3.63, 3.8) is 0 Å². The second kappa shape index (κ2) is 6.91. The van der Waals surface area contributed by atoms with Crippen LogP contribution in [0.4, 0.5) is 13.2 Å². The van der Waals surface area contributed by atoms with E-state index in [1.54, 1.807) is 0 Å². The van der Waals surface area contributed by atoms with Gasteiger partial charge in [0.15, 0.2) is 0 Å². The molecule has 0 atom stereocenters. The molecule has 0 bridgehead atoms. The minimum absolute atomic E-state index is 0.127. The van der Waals surface area contributed by atoms with Crippen LogP contribution in [0.15, 0.2) is 60.7 Å². The summed E-state index contributed by atoms with van der Waals surface area (Å²) in [6.07, 6.45) is 2.01. The predicted octanol–water partition coefficient (Wildman–Crippen LogP) is 6.39. The van der Waals surface area contributed by atoms with Crippen molar-refractivity contribution in [2.75, 3.05) is 0 Å². The maximum Gasteiger partial charge on any atom is 0.131 e. The van der Waals surface area contributed by atoms with E-state index in [0.717, 1.165) is 36.6 Å². The largest absolute Gasteiger partial charge is 0.207 e. The molecule has 0 aliphatic heterocycles. The predicted molar refractivity (Wildman–Crippen MR) is 91.2 cm³/mol. The fraction of sp³-hybridized carbons (Fsp3) is 0.143. The van der Waals surface area contributed by atoms with E-state index in [1.165, 1.54) is 23.8 Å². The van der Waals surface area contributed by atoms with Crippen molar-refractivity contribution >= 4 is 0 Å². The number of aryl methyl sites for hydroxylation is 1. The molecule has 0 nitrogen and oxygen atoms in total. The molecular formula is C21H17F3. The molecule has 0 fully saturated rings. The van der Waals surface area contributed by atoms with E-state index >= 15 is 0 Å². The lowest BCUT2D eigenvalue weighted by molar-refractivity contribution is 0.603. The van der Waals surface area contributed by atoms with Crippen LogP contribution in [0.1, 0.15) is 18.9 Å². The minimum atomic E-state index is -0.535. The minimum Gasteiger partial charge on any atom is -0.207 e. The first-order valence-corrected chi connectivity index (χ1v) is 7.93. The Kier molecular flexibility index (Phi) is 4.70. The van der Waals surface area contributed by atoms with Crippen molar-refractivity contribution in [2.45, 2.75) is 19.8 Å². The third-order valence-corrected chi connectivity index (χ3v) is 4.00. The standard InChI is InChI=1S/C21H17F3/c1-2-3-14-4-6-15(7-5-14)19-12-16(22)8-10-18(19)20-13-17(23)9-11-21(20)24/h4-13H,2-3H2,1H3. The van der Waals surface area contributed by atoms with Gasteiger partial charge in [0.25, 0.3) is 0 Å². The summed E-state index contributed by atoms with van der Waals surface area (Å²) >= 11 is 0. The lowest BCUT2D eigenvalue weighted by Gasteiger charge is -2.12. The molecule has 0 saturated carbocycles. The van der Waals surface area contributed by atoms with Crippen LogP contribution in [0, 0.1) is 17.5 Å². The van der Waals surface area contributed by atoms with E-state index in [0.29, 0.717) is 11.1 Å². The Morgan fingerprint density at radius 3 is 1.96 bits per heavy atom. The van der Waals surface area contributed by atoms with Crippen molar-refractivity contribution < 1.29 is 13.2 Å². The van der Waals surface area contributed by atoms with Gasteiger partial charge in [-0.3, -0.25) is 0 Å². The van der Waals surface area contributed by atoms with Crippen LogP contribution < -0.4 is 0 Å². The van der Waals surface area contributed by atoms with Crippen molar-refractivity contribution in [2.24, 2.45) is 0 Å². The number of halogens is 3. The van der Waals surface area contributed by atoms with E-state index in [9.17, 15) is 13.2 Å². The first-order valence-electron chi connectivity index (χ1n) is 7.93. The smallest absolute Gasteiger partial charge is 0.131 e. The van der Waals surface area contributed by atoms with Gasteiger partial charge in [0, 0.05) is 5.56 Å². The third-order valence-electron chi connectivity index (χ3n) is 4.00. The Hall–Kier alpha value is -2.55. The third kappa shape index (κ3) is 3.35. The molecule has 3 aromatic rings. The monoisotopic (exact) mass is 326 g/mol. The molecule has 0 amide bonds. The molecule has 3 rings (SSSR count). The van der Waals surface area contributed by atoms with Crippen LogP contribution in [0.5, 0.6) is 0 Å². The van der Waals surface area contributed by atoms with E-state index in [-0.39, 0.29) is 5.56 Å². The highest BCUT2D eigenvalue weighted by Crippen LogP contribution is 2.34. The summed E-state index contributed by atoms with van der Waals surface area (Å²) in [4.78, 5) is 0. The summed E-state index contributed by atoms with van der Waals surface area (Å²) in [5.41, 5.74) is 3.10. The van der Waals surface area contributed by atoms with E-state index in [2.05, 4.69) is 6.92 Å². The van der Waals surface area contributed by atoms with Gasteiger partial charge in [-0.1, -0.05) is 43.7 Å². The van der Waals surface area contributed by atoms with Gasteiger partial charge in [-0.25, -0.2) is 13.2 Å². The van der Waals surface area contributed by atoms with Crippen molar-refractivity contribution in [1.82, 2.24) is 0 Å². The molecule has 0 aromatic heterocycles. The summed E-state index contributed by atoms with van der Waals surface area (Å²) in [6, 6.07) is 15.1. The average Bonchev–Trinajstić information content (AvgIpc) is 2.58. The Bertz CT molecular complexity index is 851. The van der Waals surface area contributed by atoms with Crippen LogP contribution in [0.25, 0.3) is 22.3 Å². The highest BCUT2D eigenvalue weighted by Gasteiger charge is 2.13. The fourth-order valence-corrected chi connectivity index (χ4v) is 2.83. The maximum atomic E-state index is 14.2. The van der Waals surface area contributed by atoms with Crippen LogP contribution in [0.2, 0.25) is 0 Å². The fourth-order valence-electron chi connectivity index (χ4n) is 2.83. The number of rotatable bonds is 4. The summed E-state index contributed by atoms with van der Waals surface area (Å²) in [7, 11) is 0. The van der Waals surface area contributed by atoms with E-state index < -0.39 is 17.5 Å². The Morgan fingerprint density at radius 2 is 1.29 bits per heavy atom. The lowest BCUT2D eigenvalue weighted by atomic mass is 9.93. The number of hydrogen-bond donors (Lipinski definition) is 0. The zero-order chi connectivity index (χ0) is 17.1. The molecule has 0 saturated heterocycles. The second-order valence-electron chi connectivity index (χ2n) is 5.76. The topological polar surface area (TPSA) is 0 Å². The first-order chi connectivity index (χ1) is 11.6. The van der Waals surface area contributed by atoms with Gasteiger partial charge in [-0.2, -0.15) is 0 Å². The van der Waals surface area contributed by atoms with E-state index in [1.807, 2.05) is 24.3 Å². The van der Waals surface area contributed by atoms with Crippen LogP contribution >= 0.6 is 0 Å². The van der Waals surface area contributed by atoms with E-state index in [4.69, 9.17) is 0 Å². The normalized spacial score (nSPS) is 10.8. The molecule has 122 valence electrons.